The Morgan fingerprint density at radius 1 is 0.774 bits per heavy atom. The standard InChI is InChI=1S/C20H17BrO.C8H19N/c21-19-11-12-20(22-15-17-9-5-2-6-10-17)18(14-19)13-16-7-3-1-4-8-16;1-6-9(7(2)3)8(4)5/h1-12,14H,13,15H2;7-8H,6H2,1-5H3. The molecule has 0 saturated carbocycles. The van der Waals surface area contributed by atoms with Gasteiger partial charge in [-0.15, -0.1) is 0 Å². The van der Waals surface area contributed by atoms with E-state index in [2.05, 4.69) is 97.9 Å². The van der Waals surface area contributed by atoms with Gasteiger partial charge in [0.25, 0.3) is 0 Å². The highest BCUT2D eigenvalue weighted by Gasteiger charge is 2.09. The summed E-state index contributed by atoms with van der Waals surface area (Å²) in [7, 11) is 0. The average Bonchev–Trinajstić information content (AvgIpc) is 2.75. The van der Waals surface area contributed by atoms with Crippen molar-refractivity contribution in [3.8, 4) is 5.75 Å². The van der Waals surface area contributed by atoms with Crippen LogP contribution in [0.15, 0.2) is 83.3 Å². The van der Waals surface area contributed by atoms with E-state index in [1.807, 2.05) is 36.4 Å². The predicted molar refractivity (Wildman–Crippen MR) is 137 cm³/mol. The van der Waals surface area contributed by atoms with E-state index < -0.39 is 0 Å². The fraction of sp³-hybridized carbons (Fsp3) is 0.357. The van der Waals surface area contributed by atoms with E-state index in [1.54, 1.807) is 0 Å². The molecular formula is C28H36BrNO. The third kappa shape index (κ3) is 8.88. The lowest BCUT2D eigenvalue weighted by Crippen LogP contribution is -2.36. The van der Waals surface area contributed by atoms with Gasteiger partial charge in [0.15, 0.2) is 0 Å². The van der Waals surface area contributed by atoms with E-state index in [0.29, 0.717) is 18.7 Å². The Morgan fingerprint density at radius 3 is 1.81 bits per heavy atom. The summed E-state index contributed by atoms with van der Waals surface area (Å²) in [5, 5.41) is 0. The Labute approximate surface area is 197 Å². The minimum Gasteiger partial charge on any atom is -0.489 e. The summed E-state index contributed by atoms with van der Waals surface area (Å²) in [6.45, 7) is 12.9. The van der Waals surface area contributed by atoms with E-state index in [-0.39, 0.29) is 0 Å². The molecule has 0 amide bonds. The zero-order valence-electron chi connectivity index (χ0n) is 19.5. The molecule has 0 heterocycles. The van der Waals surface area contributed by atoms with Crippen molar-refractivity contribution in [1.29, 1.82) is 0 Å². The fourth-order valence-corrected chi connectivity index (χ4v) is 4.11. The predicted octanol–water partition coefficient (Wildman–Crippen LogP) is 7.74. The molecule has 0 N–H and O–H groups in total. The first kappa shape index (κ1) is 25.2. The molecule has 3 rings (SSSR count). The van der Waals surface area contributed by atoms with E-state index in [9.17, 15) is 0 Å². The lowest BCUT2D eigenvalue weighted by Gasteiger charge is -2.28. The highest BCUT2D eigenvalue weighted by molar-refractivity contribution is 9.10. The van der Waals surface area contributed by atoms with Gasteiger partial charge in [-0.2, -0.15) is 0 Å². The molecule has 0 radical (unpaired) electrons. The molecule has 0 aliphatic rings. The number of hydrogen-bond donors (Lipinski definition) is 0. The van der Waals surface area contributed by atoms with Gasteiger partial charge in [-0.25, -0.2) is 0 Å². The molecule has 0 aliphatic heterocycles. The fourth-order valence-electron chi connectivity index (χ4n) is 3.70. The van der Waals surface area contributed by atoms with Crippen molar-refractivity contribution in [2.45, 2.75) is 59.7 Å². The van der Waals surface area contributed by atoms with Crippen molar-refractivity contribution in [2.75, 3.05) is 6.54 Å². The zero-order valence-corrected chi connectivity index (χ0v) is 21.1. The molecule has 3 aromatic carbocycles. The van der Waals surface area contributed by atoms with Crippen LogP contribution in [0.25, 0.3) is 0 Å². The first-order valence-electron chi connectivity index (χ1n) is 11.2. The smallest absolute Gasteiger partial charge is 0.123 e. The third-order valence-corrected chi connectivity index (χ3v) is 5.68. The molecule has 0 atom stereocenters. The molecule has 0 fully saturated rings. The first-order valence-corrected chi connectivity index (χ1v) is 11.9. The molecule has 0 spiro atoms. The van der Waals surface area contributed by atoms with Crippen LogP contribution < -0.4 is 4.74 Å². The van der Waals surface area contributed by atoms with Crippen molar-refractivity contribution in [2.24, 2.45) is 0 Å². The molecule has 3 aromatic rings. The van der Waals surface area contributed by atoms with E-state index in [4.69, 9.17) is 4.74 Å². The Kier molecular flexibility index (Phi) is 10.8. The van der Waals surface area contributed by atoms with Gasteiger partial charge >= 0.3 is 0 Å². The van der Waals surface area contributed by atoms with Gasteiger partial charge in [0.1, 0.15) is 12.4 Å². The molecule has 0 aliphatic carbocycles. The van der Waals surface area contributed by atoms with Gasteiger partial charge in [-0.1, -0.05) is 83.5 Å². The van der Waals surface area contributed by atoms with Gasteiger partial charge in [0.05, 0.1) is 0 Å². The van der Waals surface area contributed by atoms with Crippen LogP contribution in [0.5, 0.6) is 5.75 Å². The van der Waals surface area contributed by atoms with Crippen LogP contribution in [0.2, 0.25) is 0 Å². The highest BCUT2D eigenvalue weighted by Crippen LogP contribution is 2.26. The van der Waals surface area contributed by atoms with Crippen LogP contribution in [0.4, 0.5) is 0 Å². The SMILES string of the molecule is Brc1ccc(OCc2ccccc2)c(Cc2ccccc2)c1.CCN(C(C)C)C(C)C. The lowest BCUT2D eigenvalue weighted by atomic mass is 10.0. The molecule has 166 valence electrons. The van der Waals surface area contributed by atoms with Gasteiger partial charge in [-0.05, 0) is 69.1 Å². The number of benzene rings is 3. The van der Waals surface area contributed by atoms with Gasteiger partial charge in [0, 0.05) is 23.0 Å². The second-order valence-electron chi connectivity index (χ2n) is 8.21. The zero-order chi connectivity index (χ0) is 22.6. The molecule has 0 aromatic heterocycles. The van der Waals surface area contributed by atoms with Crippen LogP contribution in [-0.4, -0.2) is 23.5 Å². The van der Waals surface area contributed by atoms with Crippen LogP contribution >= 0.6 is 15.9 Å². The van der Waals surface area contributed by atoms with E-state index >= 15 is 0 Å². The quantitative estimate of drug-likeness (QED) is 0.326. The number of hydrogen-bond acceptors (Lipinski definition) is 2. The average molecular weight is 483 g/mol. The molecule has 3 heteroatoms. The van der Waals surface area contributed by atoms with Gasteiger partial charge < -0.3 is 4.74 Å². The van der Waals surface area contributed by atoms with E-state index in [1.165, 1.54) is 16.7 Å². The van der Waals surface area contributed by atoms with Crippen molar-refractivity contribution >= 4 is 15.9 Å². The number of ether oxygens (including phenoxy) is 1. The number of halogens is 1. The second-order valence-corrected chi connectivity index (χ2v) is 9.12. The first-order chi connectivity index (χ1) is 14.9. The molecule has 2 nitrogen and oxygen atoms in total. The normalized spacial score (nSPS) is 10.9. The summed E-state index contributed by atoms with van der Waals surface area (Å²) in [5.41, 5.74) is 3.65. The summed E-state index contributed by atoms with van der Waals surface area (Å²) in [5.74, 6) is 0.941. The molecular weight excluding hydrogens is 446 g/mol. The molecule has 31 heavy (non-hydrogen) atoms. The summed E-state index contributed by atoms with van der Waals surface area (Å²) in [6.07, 6.45) is 0.865. The molecule has 0 saturated heterocycles. The minimum atomic E-state index is 0.588. The summed E-state index contributed by atoms with van der Waals surface area (Å²) >= 11 is 3.55. The minimum absolute atomic E-state index is 0.588. The molecule has 0 unspecified atom stereocenters. The van der Waals surface area contributed by atoms with E-state index in [0.717, 1.165) is 23.2 Å². The highest BCUT2D eigenvalue weighted by atomic mass is 79.9. The summed E-state index contributed by atoms with van der Waals surface area (Å²) in [4.78, 5) is 2.46. The monoisotopic (exact) mass is 481 g/mol. The second kappa shape index (κ2) is 13.3. The maximum absolute atomic E-state index is 6.03. The summed E-state index contributed by atoms with van der Waals surface area (Å²) < 4.78 is 7.10. The van der Waals surface area contributed by atoms with Crippen LogP contribution in [-0.2, 0) is 13.0 Å². The Morgan fingerprint density at radius 2 is 1.32 bits per heavy atom. The Hall–Kier alpha value is -2.10. The lowest BCUT2D eigenvalue weighted by molar-refractivity contribution is 0.185. The van der Waals surface area contributed by atoms with Gasteiger partial charge in [0.2, 0.25) is 0 Å². The van der Waals surface area contributed by atoms with Crippen LogP contribution in [0.3, 0.4) is 0 Å². The molecule has 0 bridgehead atoms. The van der Waals surface area contributed by atoms with Crippen molar-refractivity contribution in [3.05, 3.63) is 100 Å². The Balaban J connectivity index is 0.000000323. The number of nitrogens with zero attached hydrogens (tertiary/aromatic N) is 1. The largest absolute Gasteiger partial charge is 0.489 e. The van der Waals surface area contributed by atoms with Gasteiger partial charge in [-0.3, -0.25) is 4.90 Å². The van der Waals surface area contributed by atoms with Crippen LogP contribution in [0.1, 0.15) is 51.3 Å². The van der Waals surface area contributed by atoms with Crippen LogP contribution in [0, 0.1) is 0 Å². The number of rotatable bonds is 8. The summed E-state index contributed by atoms with van der Waals surface area (Å²) in [6, 6.07) is 28.3. The Bertz CT molecular complexity index is 870. The maximum atomic E-state index is 6.03. The third-order valence-electron chi connectivity index (χ3n) is 5.19. The van der Waals surface area contributed by atoms with Crippen molar-refractivity contribution < 1.29 is 4.74 Å². The topological polar surface area (TPSA) is 12.5 Å². The van der Waals surface area contributed by atoms with Crippen molar-refractivity contribution in [1.82, 2.24) is 4.90 Å². The van der Waals surface area contributed by atoms with Crippen molar-refractivity contribution in [3.63, 3.8) is 0 Å². The maximum Gasteiger partial charge on any atom is 0.123 e.